The van der Waals surface area contributed by atoms with Gasteiger partial charge in [-0.05, 0) is 29.7 Å². The number of rotatable bonds is 4. The number of halogens is 1. The van der Waals surface area contributed by atoms with Gasteiger partial charge in [-0.1, -0.05) is 48.0 Å². The molecule has 0 aromatic heterocycles. The number of methoxy groups -OCH3 is 1. The van der Waals surface area contributed by atoms with Crippen molar-refractivity contribution in [1.82, 2.24) is 0 Å². The summed E-state index contributed by atoms with van der Waals surface area (Å²) >= 11 is 6.04. The summed E-state index contributed by atoms with van der Waals surface area (Å²) in [4.78, 5) is 11.5. The van der Waals surface area contributed by atoms with Crippen LogP contribution in [0.3, 0.4) is 0 Å². The molecule has 0 unspecified atom stereocenters. The van der Waals surface area contributed by atoms with Gasteiger partial charge in [-0.15, -0.1) is 0 Å². The number of anilines is 1. The lowest BCUT2D eigenvalue weighted by atomic mass is 10.1. The van der Waals surface area contributed by atoms with Crippen LogP contribution in [0, 0.1) is 0 Å². The maximum atomic E-state index is 12.8. The van der Waals surface area contributed by atoms with Crippen molar-refractivity contribution in [2.24, 2.45) is 0 Å². The summed E-state index contributed by atoms with van der Waals surface area (Å²) in [6, 6.07) is 16.7. The zero-order chi connectivity index (χ0) is 18.0. The third kappa shape index (κ3) is 3.45. The number of hydrogen-bond acceptors (Lipinski definition) is 4. The van der Waals surface area contributed by atoms with Crippen LogP contribution < -0.4 is 4.72 Å². The molecular formula is C18H14ClNO4S. The average molecular weight is 376 g/mol. The highest BCUT2D eigenvalue weighted by atomic mass is 35.5. The van der Waals surface area contributed by atoms with Gasteiger partial charge in [0.2, 0.25) is 0 Å². The molecule has 7 heteroatoms. The van der Waals surface area contributed by atoms with Crippen molar-refractivity contribution in [3.63, 3.8) is 0 Å². The molecule has 128 valence electrons. The van der Waals surface area contributed by atoms with Crippen LogP contribution in [0.1, 0.15) is 10.4 Å². The van der Waals surface area contributed by atoms with Gasteiger partial charge in [0.25, 0.3) is 10.0 Å². The van der Waals surface area contributed by atoms with Crippen molar-refractivity contribution in [3.8, 4) is 0 Å². The van der Waals surface area contributed by atoms with Gasteiger partial charge in [-0.3, -0.25) is 4.72 Å². The van der Waals surface area contributed by atoms with Crippen molar-refractivity contribution >= 4 is 44.1 Å². The Balaban J connectivity index is 2.06. The summed E-state index contributed by atoms with van der Waals surface area (Å²) < 4.78 is 32.7. The summed E-state index contributed by atoms with van der Waals surface area (Å²) in [5.41, 5.74) is 0.530. The molecular weight excluding hydrogens is 362 g/mol. The number of ether oxygens (including phenoxy) is 1. The number of fused-ring (bicyclic) bond motifs is 1. The number of sulfonamides is 1. The third-order valence-corrected chi connectivity index (χ3v) is 5.52. The average Bonchev–Trinajstić information content (AvgIpc) is 2.61. The molecule has 0 aliphatic carbocycles. The molecule has 3 aromatic carbocycles. The topological polar surface area (TPSA) is 72.5 Å². The standard InChI is InChI=1S/C18H14ClNO4S/c1-24-18(21)13-9-10-15(19)17(11-13)25(22,23)20-16-8-4-6-12-5-2-3-7-14(12)16/h2-11,20H,1H3. The van der Waals surface area contributed by atoms with Crippen LogP contribution >= 0.6 is 11.6 Å². The first-order valence-corrected chi connectivity index (χ1v) is 9.17. The molecule has 0 aliphatic rings. The minimum absolute atomic E-state index is 0.0142. The highest BCUT2D eigenvalue weighted by Crippen LogP contribution is 2.29. The molecule has 0 aliphatic heterocycles. The lowest BCUT2D eigenvalue weighted by molar-refractivity contribution is 0.0600. The highest BCUT2D eigenvalue weighted by Gasteiger charge is 2.21. The summed E-state index contributed by atoms with van der Waals surface area (Å²) in [7, 11) is -2.77. The number of carbonyl (C=O) groups excluding carboxylic acids is 1. The van der Waals surface area contributed by atoms with E-state index in [1.165, 1.54) is 25.3 Å². The SMILES string of the molecule is COC(=O)c1ccc(Cl)c(S(=O)(=O)Nc2cccc3ccccc23)c1. The largest absolute Gasteiger partial charge is 0.465 e. The molecule has 0 bridgehead atoms. The van der Waals surface area contributed by atoms with Crippen LogP contribution in [-0.4, -0.2) is 21.5 Å². The van der Waals surface area contributed by atoms with Crippen molar-refractivity contribution in [1.29, 1.82) is 0 Å². The summed E-state index contributed by atoms with van der Waals surface area (Å²) in [6.45, 7) is 0. The number of benzene rings is 3. The quantitative estimate of drug-likeness (QED) is 0.697. The van der Waals surface area contributed by atoms with E-state index in [1.807, 2.05) is 30.3 Å². The Kier molecular flexibility index (Phi) is 4.65. The molecule has 0 saturated carbocycles. The number of nitrogens with one attached hydrogen (secondary N) is 1. The zero-order valence-electron chi connectivity index (χ0n) is 13.2. The lowest BCUT2D eigenvalue weighted by Crippen LogP contribution is -2.15. The van der Waals surface area contributed by atoms with E-state index >= 15 is 0 Å². The summed E-state index contributed by atoms with van der Waals surface area (Å²) in [6.07, 6.45) is 0. The van der Waals surface area contributed by atoms with Crippen molar-refractivity contribution in [2.45, 2.75) is 4.90 Å². The van der Waals surface area contributed by atoms with Gasteiger partial charge in [0.1, 0.15) is 4.90 Å². The van der Waals surface area contributed by atoms with E-state index in [0.29, 0.717) is 5.69 Å². The van der Waals surface area contributed by atoms with Gasteiger partial charge < -0.3 is 4.74 Å². The van der Waals surface area contributed by atoms with E-state index in [4.69, 9.17) is 11.6 Å². The second kappa shape index (κ2) is 6.74. The van der Waals surface area contributed by atoms with Crippen LogP contribution in [0.25, 0.3) is 10.8 Å². The zero-order valence-corrected chi connectivity index (χ0v) is 14.8. The molecule has 5 nitrogen and oxygen atoms in total. The van der Waals surface area contributed by atoms with E-state index in [9.17, 15) is 13.2 Å². The maximum absolute atomic E-state index is 12.8. The summed E-state index contributed by atoms with van der Waals surface area (Å²) in [5, 5.41) is 1.67. The number of hydrogen-bond donors (Lipinski definition) is 1. The second-order valence-electron chi connectivity index (χ2n) is 5.27. The summed E-state index contributed by atoms with van der Waals surface area (Å²) in [5.74, 6) is -0.640. The van der Waals surface area contributed by atoms with Gasteiger partial charge in [-0.2, -0.15) is 0 Å². The number of esters is 1. The first kappa shape index (κ1) is 17.3. The predicted octanol–water partition coefficient (Wildman–Crippen LogP) is 4.08. The van der Waals surface area contributed by atoms with Crippen LogP contribution in [0.4, 0.5) is 5.69 Å². The van der Waals surface area contributed by atoms with Crippen LogP contribution in [0.15, 0.2) is 65.6 Å². The van der Waals surface area contributed by atoms with E-state index in [0.717, 1.165) is 10.8 Å². The fourth-order valence-electron chi connectivity index (χ4n) is 2.47. The Morgan fingerprint density at radius 2 is 1.76 bits per heavy atom. The Morgan fingerprint density at radius 1 is 1.04 bits per heavy atom. The number of carbonyl (C=O) groups is 1. The molecule has 3 rings (SSSR count). The molecule has 0 heterocycles. The fourth-order valence-corrected chi connectivity index (χ4v) is 4.07. The van der Waals surface area contributed by atoms with E-state index < -0.39 is 16.0 Å². The Bertz CT molecular complexity index is 1060. The minimum Gasteiger partial charge on any atom is -0.465 e. The predicted molar refractivity (Wildman–Crippen MR) is 97.5 cm³/mol. The fraction of sp³-hybridized carbons (Fsp3) is 0.0556. The Hall–Kier alpha value is -2.57. The molecule has 3 aromatic rings. The van der Waals surface area contributed by atoms with E-state index in [-0.39, 0.29) is 15.5 Å². The normalized spacial score (nSPS) is 11.3. The molecule has 0 spiro atoms. The van der Waals surface area contributed by atoms with Crippen molar-refractivity contribution < 1.29 is 17.9 Å². The van der Waals surface area contributed by atoms with E-state index in [1.54, 1.807) is 12.1 Å². The highest BCUT2D eigenvalue weighted by molar-refractivity contribution is 7.92. The van der Waals surface area contributed by atoms with Gasteiger partial charge in [0.15, 0.2) is 0 Å². The molecule has 0 atom stereocenters. The van der Waals surface area contributed by atoms with Gasteiger partial charge in [0.05, 0.1) is 23.4 Å². The third-order valence-electron chi connectivity index (χ3n) is 3.68. The first-order chi connectivity index (χ1) is 11.9. The van der Waals surface area contributed by atoms with Crippen LogP contribution in [0.5, 0.6) is 0 Å². The maximum Gasteiger partial charge on any atom is 0.337 e. The van der Waals surface area contributed by atoms with E-state index in [2.05, 4.69) is 9.46 Å². The van der Waals surface area contributed by atoms with Crippen LogP contribution in [-0.2, 0) is 14.8 Å². The Morgan fingerprint density at radius 3 is 2.52 bits per heavy atom. The smallest absolute Gasteiger partial charge is 0.337 e. The van der Waals surface area contributed by atoms with Gasteiger partial charge in [0, 0.05) is 5.39 Å². The lowest BCUT2D eigenvalue weighted by Gasteiger charge is -2.12. The molecule has 0 amide bonds. The van der Waals surface area contributed by atoms with Crippen molar-refractivity contribution in [3.05, 3.63) is 71.2 Å². The monoisotopic (exact) mass is 375 g/mol. The Labute approximate surface area is 150 Å². The molecule has 25 heavy (non-hydrogen) atoms. The molecule has 0 radical (unpaired) electrons. The van der Waals surface area contributed by atoms with Crippen molar-refractivity contribution in [2.75, 3.05) is 11.8 Å². The molecule has 0 fully saturated rings. The molecule has 0 saturated heterocycles. The second-order valence-corrected chi connectivity index (χ2v) is 7.33. The molecule has 1 N–H and O–H groups in total. The van der Waals surface area contributed by atoms with Gasteiger partial charge in [-0.25, -0.2) is 13.2 Å². The first-order valence-electron chi connectivity index (χ1n) is 7.31. The van der Waals surface area contributed by atoms with Gasteiger partial charge >= 0.3 is 5.97 Å². The minimum atomic E-state index is -3.99. The van der Waals surface area contributed by atoms with Crippen LogP contribution in [0.2, 0.25) is 5.02 Å².